The van der Waals surface area contributed by atoms with Gasteiger partial charge in [-0.1, -0.05) is 32.0 Å². The van der Waals surface area contributed by atoms with Crippen LogP contribution in [0.2, 0.25) is 0 Å². The molecule has 1 aromatic heterocycles. The summed E-state index contributed by atoms with van der Waals surface area (Å²) in [7, 11) is 2.09. The zero-order chi connectivity index (χ0) is 21.2. The van der Waals surface area contributed by atoms with Crippen molar-refractivity contribution in [1.29, 1.82) is 0 Å². The van der Waals surface area contributed by atoms with Gasteiger partial charge in [0.05, 0.1) is 5.56 Å². The Kier molecular flexibility index (Phi) is 4.08. The van der Waals surface area contributed by atoms with E-state index >= 15 is 0 Å². The van der Waals surface area contributed by atoms with Gasteiger partial charge in [-0.15, -0.1) is 0 Å². The first-order chi connectivity index (χ1) is 14.4. The molecule has 30 heavy (non-hydrogen) atoms. The summed E-state index contributed by atoms with van der Waals surface area (Å²) >= 11 is 0. The molecule has 0 bridgehead atoms. The molecule has 0 unspecified atom stereocenters. The second-order valence-corrected chi connectivity index (χ2v) is 8.72. The van der Waals surface area contributed by atoms with E-state index in [9.17, 15) is 0 Å². The molecule has 4 aromatic rings. The highest BCUT2D eigenvalue weighted by atomic mass is 16.5. The third-order valence-electron chi connectivity index (χ3n) is 6.38. The van der Waals surface area contributed by atoms with Gasteiger partial charge in [0, 0.05) is 21.7 Å². The molecule has 3 aromatic carbocycles. The van der Waals surface area contributed by atoms with Crippen LogP contribution in [0.15, 0.2) is 42.6 Å². The van der Waals surface area contributed by atoms with Gasteiger partial charge in [-0.05, 0) is 60.0 Å². The van der Waals surface area contributed by atoms with Gasteiger partial charge in [0.1, 0.15) is 12.8 Å². The molecule has 0 radical (unpaired) electrons. The van der Waals surface area contributed by atoms with Gasteiger partial charge < -0.3 is 9.58 Å². The van der Waals surface area contributed by atoms with Crippen LogP contribution in [0, 0.1) is 20.4 Å². The lowest BCUT2D eigenvalue weighted by molar-refractivity contribution is -0.659. The smallest absolute Gasteiger partial charge is 0.257 e. The fourth-order valence-corrected chi connectivity index (χ4v) is 4.64. The van der Waals surface area contributed by atoms with Crippen molar-refractivity contribution in [2.75, 3.05) is 0 Å². The normalized spacial score (nSPS) is 12.2. The van der Waals surface area contributed by atoms with Gasteiger partial charge in [-0.25, -0.2) is 6.57 Å². The van der Waals surface area contributed by atoms with E-state index in [4.69, 9.17) is 11.3 Å². The summed E-state index contributed by atoms with van der Waals surface area (Å²) in [6, 6.07) is 13.0. The number of rotatable bonds is 2. The fraction of sp³-hybridized carbons (Fsp3) is 0.259. The minimum atomic E-state index is 0.382. The number of ether oxygens (including phenoxy) is 1. The average molecular weight is 394 g/mol. The summed E-state index contributed by atoms with van der Waals surface area (Å²) in [6.07, 6.45) is 2.17. The monoisotopic (exact) mass is 393 g/mol. The molecular formula is C27H25N2O+. The Bertz CT molecular complexity index is 1410. The van der Waals surface area contributed by atoms with E-state index in [1.807, 2.05) is 6.07 Å². The van der Waals surface area contributed by atoms with Crippen molar-refractivity contribution in [1.82, 2.24) is 0 Å². The van der Waals surface area contributed by atoms with Crippen LogP contribution in [0.1, 0.15) is 42.0 Å². The first-order valence-electron chi connectivity index (χ1n) is 10.4. The van der Waals surface area contributed by atoms with Crippen molar-refractivity contribution >= 4 is 21.5 Å². The van der Waals surface area contributed by atoms with Crippen LogP contribution in [-0.4, -0.2) is 0 Å². The van der Waals surface area contributed by atoms with Crippen molar-refractivity contribution in [3.8, 4) is 22.8 Å². The maximum Gasteiger partial charge on any atom is 0.257 e. The molecule has 3 nitrogen and oxygen atoms in total. The lowest BCUT2D eigenvalue weighted by Crippen LogP contribution is -2.32. The molecule has 0 atom stereocenters. The molecule has 0 spiro atoms. The molecule has 5 rings (SSSR count). The predicted molar refractivity (Wildman–Crippen MR) is 122 cm³/mol. The van der Waals surface area contributed by atoms with Crippen molar-refractivity contribution in [2.45, 2.75) is 40.2 Å². The molecule has 1 aliphatic rings. The van der Waals surface area contributed by atoms with E-state index in [2.05, 4.69) is 80.7 Å². The van der Waals surface area contributed by atoms with Gasteiger partial charge in [0.2, 0.25) is 12.3 Å². The third kappa shape index (κ3) is 2.60. The lowest BCUT2D eigenvalue weighted by atomic mass is 9.87. The third-order valence-corrected chi connectivity index (χ3v) is 6.38. The number of pyridine rings is 1. The van der Waals surface area contributed by atoms with Crippen molar-refractivity contribution in [2.24, 2.45) is 7.05 Å². The van der Waals surface area contributed by atoms with Crippen LogP contribution in [0.4, 0.5) is 0 Å². The number of hydrogen-bond acceptors (Lipinski definition) is 1. The fourth-order valence-electron chi connectivity index (χ4n) is 4.64. The molecule has 0 N–H and O–H groups in total. The molecule has 0 amide bonds. The number of benzene rings is 3. The van der Waals surface area contributed by atoms with Crippen LogP contribution in [-0.2, 0) is 13.6 Å². The lowest BCUT2D eigenvalue weighted by Gasteiger charge is -2.24. The molecule has 0 aliphatic carbocycles. The maximum atomic E-state index is 7.25. The first-order valence-corrected chi connectivity index (χ1v) is 10.4. The summed E-state index contributed by atoms with van der Waals surface area (Å²) in [5.74, 6) is 2.25. The minimum Gasteiger partial charge on any atom is -0.449 e. The van der Waals surface area contributed by atoms with E-state index in [0.717, 1.165) is 33.5 Å². The maximum absolute atomic E-state index is 7.25. The molecule has 1 aliphatic heterocycles. The second-order valence-electron chi connectivity index (χ2n) is 8.72. The molecule has 0 saturated heterocycles. The van der Waals surface area contributed by atoms with Crippen molar-refractivity contribution < 1.29 is 9.30 Å². The largest absolute Gasteiger partial charge is 0.449 e. The summed E-state index contributed by atoms with van der Waals surface area (Å²) in [4.78, 5) is 3.57. The molecule has 0 saturated carbocycles. The quantitative estimate of drug-likeness (QED) is 0.239. The zero-order valence-electron chi connectivity index (χ0n) is 18.1. The zero-order valence-corrected chi connectivity index (χ0v) is 18.1. The Balaban J connectivity index is 1.94. The Morgan fingerprint density at radius 2 is 1.87 bits per heavy atom. The summed E-state index contributed by atoms with van der Waals surface area (Å²) < 4.78 is 8.85. The highest BCUT2D eigenvalue weighted by molar-refractivity contribution is 6.07. The van der Waals surface area contributed by atoms with Crippen LogP contribution in [0.3, 0.4) is 0 Å². The topological polar surface area (TPSA) is 17.5 Å². The van der Waals surface area contributed by atoms with E-state index in [1.54, 1.807) is 0 Å². The standard InChI is InChI=1S/C27H25N2O/c1-15(2)20-11-21-9-16(3)17(4)24-25(21)23(12-20)30-27-22-10-18(13-28-5)7-8-19(22)14-29(6)26(24)27/h7-12,14-15H,13H2,1-4,6H3/q+1. The SMILES string of the molecule is [C-]#[N+]Cc1ccc2c[n+](C)c3c(c2c1)Oc1cc(C(C)C)cc2cc(C)c(C)c-3c12. The van der Waals surface area contributed by atoms with Gasteiger partial charge in [-0.2, -0.15) is 4.57 Å². The van der Waals surface area contributed by atoms with E-state index in [-0.39, 0.29) is 0 Å². The van der Waals surface area contributed by atoms with Gasteiger partial charge in [0.25, 0.3) is 5.69 Å². The Labute approximate surface area is 177 Å². The van der Waals surface area contributed by atoms with Gasteiger partial charge in [-0.3, -0.25) is 0 Å². The Morgan fingerprint density at radius 3 is 2.60 bits per heavy atom. The number of aromatic nitrogens is 1. The number of hydrogen-bond donors (Lipinski definition) is 0. The Morgan fingerprint density at radius 1 is 1.07 bits per heavy atom. The number of nitrogens with zero attached hydrogens (tertiary/aromatic N) is 2. The van der Waals surface area contributed by atoms with Crippen molar-refractivity contribution in [3.05, 3.63) is 76.3 Å². The minimum absolute atomic E-state index is 0.382. The van der Waals surface area contributed by atoms with Crippen molar-refractivity contribution in [3.63, 3.8) is 0 Å². The molecule has 0 fully saturated rings. The van der Waals surface area contributed by atoms with Gasteiger partial charge >= 0.3 is 0 Å². The molecule has 148 valence electrons. The van der Waals surface area contributed by atoms with E-state index in [0.29, 0.717) is 12.5 Å². The summed E-state index contributed by atoms with van der Waals surface area (Å²) in [6.45, 7) is 16.5. The first kappa shape index (κ1) is 18.6. The summed E-state index contributed by atoms with van der Waals surface area (Å²) in [5.41, 5.74) is 7.25. The van der Waals surface area contributed by atoms with Crippen LogP contribution < -0.4 is 9.30 Å². The highest BCUT2D eigenvalue weighted by Crippen LogP contribution is 2.50. The predicted octanol–water partition coefficient (Wildman–Crippen LogP) is 6.75. The summed E-state index contributed by atoms with van der Waals surface area (Å²) in [5, 5.41) is 4.62. The van der Waals surface area contributed by atoms with Gasteiger partial charge in [0.15, 0.2) is 6.20 Å². The van der Waals surface area contributed by atoms with Crippen LogP contribution >= 0.6 is 0 Å². The number of aryl methyl sites for hydroxylation is 2. The molecular weight excluding hydrogens is 368 g/mol. The van der Waals surface area contributed by atoms with E-state index < -0.39 is 0 Å². The number of fused-ring (bicyclic) bond motifs is 4. The average Bonchev–Trinajstić information content (AvgIpc) is 2.71. The highest BCUT2D eigenvalue weighted by Gasteiger charge is 2.32. The van der Waals surface area contributed by atoms with E-state index in [1.165, 1.54) is 33.0 Å². The molecule has 3 heteroatoms. The molecule has 2 heterocycles. The van der Waals surface area contributed by atoms with Crippen LogP contribution in [0.25, 0.3) is 37.6 Å². The Hall–Kier alpha value is -3.38. The van der Waals surface area contributed by atoms with Crippen LogP contribution in [0.5, 0.6) is 11.5 Å². The second kappa shape index (κ2) is 6.57.